The highest BCUT2D eigenvalue weighted by atomic mass is 15.3. The molecule has 178 valence electrons. The quantitative estimate of drug-likeness (QED) is 0.293. The van der Waals surface area contributed by atoms with Gasteiger partial charge in [-0.2, -0.15) is 4.98 Å². The molecule has 5 aromatic rings. The zero-order valence-electron chi connectivity index (χ0n) is 20.5. The molecule has 5 nitrogen and oxygen atoms in total. The Hall–Kier alpha value is -4.25. The lowest BCUT2D eigenvalue weighted by atomic mass is 10.0. The second-order valence-corrected chi connectivity index (χ2v) is 9.43. The molecule has 2 aromatic heterocycles. The van der Waals surface area contributed by atoms with Gasteiger partial charge in [0.05, 0.1) is 5.69 Å². The normalized spacial score (nSPS) is 13.3. The van der Waals surface area contributed by atoms with E-state index in [0.717, 1.165) is 41.8 Å². The van der Waals surface area contributed by atoms with E-state index in [9.17, 15) is 0 Å². The number of benzene rings is 3. The van der Waals surface area contributed by atoms with Crippen LogP contribution in [0.15, 0.2) is 91.1 Å². The third-order valence-electron chi connectivity index (χ3n) is 6.81. The van der Waals surface area contributed by atoms with Crippen molar-refractivity contribution in [3.8, 4) is 22.4 Å². The van der Waals surface area contributed by atoms with Gasteiger partial charge in [-0.1, -0.05) is 60.7 Å². The van der Waals surface area contributed by atoms with E-state index in [-0.39, 0.29) is 0 Å². The molecular formula is C31H29N5. The van der Waals surface area contributed by atoms with Gasteiger partial charge in [0.15, 0.2) is 0 Å². The lowest BCUT2D eigenvalue weighted by molar-refractivity contribution is 0.898. The summed E-state index contributed by atoms with van der Waals surface area (Å²) in [6, 6.07) is 29.9. The number of fused-ring (bicyclic) bond motifs is 1. The van der Waals surface area contributed by atoms with E-state index in [1.54, 1.807) is 0 Å². The molecule has 1 saturated heterocycles. The molecule has 0 amide bonds. The fourth-order valence-electron chi connectivity index (χ4n) is 4.81. The van der Waals surface area contributed by atoms with Crippen LogP contribution in [0.2, 0.25) is 0 Å². The van der Waals surface area contributed by atoms with E-state index >= 15 is 0 Å². The Bertz CT molecular complexity index is 1500. The molecule has 0 unspecified atom stereocenters. The van der Waals surface area contributed by atoms with Gasteiger partial charge in [-0.25, -0.2) is 4.98 Å². The van der Waals surface area contributed by atoms with Crippen LogP contribution < -0.4 is 10.2 Å². The van der Waals surface area contributed by atoms with Crippen LogP contribution in [-0.2, 0) is 6.54 Å². The second-order valence-electron chi connectivity index (χ2n) is 9.43. The van der Waals surface area contributed by atoms with E-state index in [2.05, 4.69) is 100 Å². The Balaban J connectivity index is 1.26. The zero-order chi connectivity index (χ0) is 24.3. The number of aromatic nitrogens is 3. The number of nitrogens with zero attached hydrogens (tertiary/aromatic N) is 4. The average Bonchev–Trinajstić information content (AvgIpc) is 3.47. The monoisotopic (exact) mass is 471 g/mol. The van der Waals surface area contributed by atoms with Gasteiger partial charge in [-0.15, -0.1) is 0 Å². The summed E-state index contributed by atoms with van der Waals surface area (Å²) in [7, 11) is 0. The molecule has 0 spiro atoms. The van der Waals surface area contributed by atoms with Crippen molar-refractivity contribution in [1.29, 1.82) is 0 Å². The first-order valence-electron chi connectivity index (χ1n) is 12.6. The lowest BCUT2D eigenvalue weighted by Gasteiger charge is -2.18. The Labute approximate surface area is 211 Å². The summed E-state index contributed by atoms with van der Waals surface area (Å²) in [6.07, 6.45) is 4.24. The fourth-order valence-corrected chi connectivity index (χ4v) is 4.81. The van der Waals surface area contributed by atoms with Gasteiger partial charge >= 0.3 is 0 Å². The number of hydrogen-bond donors (Lipinski definition) is 1. The molecule has 1 aliphatic rings. The zero-order valence-corrected chi connectivity index (χ0v) is 20.5. The maximum absolute atomic E-state index is 4.97. The molecular weight excluding hydrogens is 442 g/mol. The van der Waals surface area contributed by atoms with Gasteiger partial charge in [0.1, 0.15) is 5.82 Å². The summed E-state index contributed by atoms with van der Waals surface area (Å²) in [5, 5.41) is 6.01. The van der Waals surface area contributed by atoms with Crippen LogP contribution >= 0.6 is 0 Å². The van der Waals surface area contributed by atoms with Gasteiger partial charge < -0.3 is 10.2 Å². The van der Waals surface area contributed by atoms with Crippen molar-refractivity contribution in [2.75, 3.05) is 23.3 Å². The highest BCUT2D eigenvalue weighted by Crippen LogP contribution is 2.28. The number of aryl methyl sites for hydroxylation is 1. The molecule has 3 heterocycles. The molecule has 1 N–H and O–H groups in total. The predicted molar refractivity (Wildman–Crippen MR) is 148 cm³/mol. The van der Waals surface area contributed by atoms with Crippen molar-refractivity contribution in [3.05, 3.63) is 102 Å². The number of anilines is 2. The number of nitrogens with one attached hydrogen (secondary N) is 1. The van der Waals surface area contributed by atoms with Crippen molar-refractivity contribution in [3.63, 3.8) is 0 Å². The smallest absolute Gasteiger partial charge is 0.227 e. The minimum absolute atomic E-state index is 0.698. The molecule has 3 aromatic carbocycles. The van der Waals surface area contributed by atoms with Crippen molar-refractivity contribution in [1.82, 2.24) is 15.0 Å². The van der Waals surface area contributed by atoms with Crippen molar-refractivity contribution >= 4 is 22.5 Å². The summed E-state index contributed by atoms with van der Waals surface area (Å²) in [5.41, 5.74) is 6.67. The van der Waals surface area contributed by atoms with Crippen molar-refractivity contribution in [2.45, 2.75) is 26.3 Å². The van der Waals surface area contributed by atoms with Gasteiger partial charge in [0, 0.05) is 43.2 Å². The summed E-state index contributed by atoms with van der Waals surface area (Å²) in [4.78, 5) is 16.5. The highest BCUT2D eigenvalue weighted by Gasteiger charge is 2.17. The molecule has 36 heavy (non-hydrogen) atoms. The van der Waals surface area contributed by atoms with Gasteiger partial charge in [0.2, 0.25) is 5.95 Å². The maximum atomic E-state index is 4.97. The minimum Gasteiger partial charge on any atom is -0.366 e. The van der Waals surface area contributed by atoms with Gasteiger partial charge in [-0.3, -0.25) is 4.98 Å². The topological polar surface area (TPSA) is 53.9 Å². The first-order chi connectivity index (χ1) is 17.7. The average molecular weight is 472 g/mol. The van der Waals surface area contributed by atoms with Gasteiger partial charge in [-0.05, 0) is 65.4 Å². The molecule has 0 atom stereocenters. The fraction of sp³-hybridized carbons (Fsp3) is 0.194. The summed E-state index contributed by atoms with van der Waals surface area (Å²) < 4.78 is 0. The summed E-state index contributed by atoms with van der Waals surface area (Å²) in [5.74, 6) is 1.66. The van der Waals surface area contributed by atoms with E-state index in [1.807, 2.05) is 13.1 Å². The predicted octanol–water partition coefficient (Wildman–Crippen LogP) is 6.88. The Kier molecular flexibility index (Phi) is 6.04. The van der Waals surface area contributed by atoms with Gasteiger partial charge in [0.25, 0.3) is 0 Å². The molecule has 6 rings (SSSR count). The molecule has 1 aliphatic heterocycles. The second kappa shape index (κ2) is 9.78. The number of rotatable bonds is 6. The van der Waals surface area contributed by atoms with E-state index in [1.165, 1.54) is 40.3 Å². The summed E-state index contributed by atoms with van der Waals surface area (Å²) >= 11 is 0. The Morgan fingerprint density at radius 3 is 2.33 bits per heavy atom. The van der Waals surface area contributed by atoms with Crippen LogP contribution in [-0.4, -0.2) is 28.0 Å². The third kappa shape index (κ3) is 4.78. The maximum Gasteiger partial charge on any atom is 0.227 e. The third-order valence-corrected chi connectivity index (χ3v) is 6.81. The highest BCUT2D eigenvalue weighted by molar-refractivity contribution is 5.87. The molecule has 0 saturated carbocycles. The van der Waals surface area contributed by atoms with Crippen LogP contribution in [0.3, 0.4) is 0 Å². The first kappa shape index (κ1) is 22.2. The van der Waals surface area contributed by atoms with E-state index in [4.69, 9.17) is 9.97 Å². The van der Waals surface area contributed by atoms with Crippen LogP contribution in [0.5, 0.6) is 0 Å². The number of pyridine rings is 1. The SMILES string of the molecule is Cc1cc(-c2ccc(CNc3cc(-c4ccc5ccccc5c4)nc(N4CCCC4)n3)cc2)ccn1. The Morgan fingerprint density at radius 1 is 0.750 bits per heavy atom. The first-order valence-corrected chi connectivity index (χ1v) is 12.6. The van der Waals surface area contributed by atoms with Crippen LogP contribution in [0.4, 0.5) is 11.8 Å². The molecule has 0 aliphatic carbocycles. The van der Waals surface area contributed by atoms with Crippen LogP contribution in [0.25, 0.3) is 33.2 Å². The Morgan fingerprint density at radius 2 is 1.53 bits per heavy atom. The number of hydrogen-bond acceptors (Lipinski definition) is 5. The van der Waals surface area contributed by atoms with E-state index < -0.39 is 0 Å². The largest absolute Gasteiger partial charge is 0.366 e. The lowest BCUT2D eigenvalue weighted by Crippen LogP contribution is -2.21. The molecule has 0 bridgehead atoms. The van der Waals surface area contributed by atoms with Crippen molar-refractivity contribution in [2.24, 2.45) is 0 Å². The standard InChI is InChI=1S/C31H29N5/c1-22-18-27(14-15-32-22)25-10-8-23(9-11-25)21-33-30-20-29(34-31(35-30)36-16-4-5-17-36)28-13-12-24-6-2-3-7-26(24)19-28/h2-3,6-15,18-20H,4-5,16-17,21H2,1H3,(H,33,34,35). The van der Waals surface area contributed by atoms with Crippen LogP contribution in [0, 0.1) is 6.92 Å². The molecule has 5 heteroatoms. The molecule has 0 radical (unpaired) electrons. The summed E-state index contributed by atoms with van der Waals surface area (Å²) in [6.45, 7) is 4.74. The molecule has 1 fully saturated rings. The van der Waals surface area contributed by atoms with E-state index in [0.29, 0.717) is 6.54 Å². The van der Waals surface area contributed by atoms with Crippen LogP contribution in [0.1, 0.15) is 24.1 Å². The minimum atomic E-state index is 0.698. The van der Waals surface area contributed by atoms with Crippen molar-refractivity contribution < 1.29 is 0 Å².